The van der Waals surface area contributed by atoms with E-state index in [4.69, 9.17) is 0 Å². The summed E-state index contributed by atoms with van der Waals surface area (Å²) in [5.41, 5.74) is 4.58. The van der Waals surface area contributed by atoms with Crippen LogP contribution in [0.4, 0.5) is 0 Å². The number of benzene rings is 2. The zero-order valence-electron chi connectivity index (χ0n) is 12.1. The maximum Gasteiger partial charge on any atom is 0.185 e. The number of aryl methyl sites for hydroxylation is 1. The van der Waals surface area contributed by atoms with E-state index >= 15 is 0 Å². The van der Waals surface area contributed by atoms with Gasteiger partial charge in [-0.25, -0.2) is 0 Å². The number of hydrogen-bond acceptors (Lipinski definition) is 1. The van der Waals surface area contributed by atoms with E-state index in [1.165, 1.54) is 11.1 Å². The van der Waals surface area contributed by atoms with Crippen molar-refractivity contribution in [2.45, 2.75) is 26.7 Å². The Kier molecular flexibility index (Phi) is 4.89. The van der Waals surface area contributed by atoms with Crippen molar-refractivity contribution in [3.05, 3.63) is 76.9 Å². The Bertz CT molecular complexity index is 609. The van der Waals surface area contributed by atoms with Crippen molar-refractivity contribution in [2.24, 2.45) is 0 Å². The summed E-state index contributed by atoms with van der Waals surface area (Å²) in [5.74, 6) is 0.0505. The van der Waals surface area contributed by atoms with Gasteiger partial charge in [0.2, 0.25) is 0 Å². The van der Waals surface area contributed by atoms with Crippen LogP contribution in [0, 0.1) is 0 Å². The number of carbonyl (C=O) groups excluding carboxylic acids is 1. The Morgan fingerprint density at radius 1 is 0.950 bits per heavy atom. The van der Waals surface area contributed by atoms with Crippen LogP contribution in [0.15, 0.2) is 54.6 Å². The van der Waals surface area contributed by atoms with E-state index in [-0.39, 0.29) is 5.78 Å². The van der Waals surface area contributed by atoms with Crippen molar-refractivity contribution in [1.82, 2.24) is 0 Å². The second kappa shape index (κ2) is 6.85. The highest BCUT2D eigenvalue weighted by Gasteiger charge is 2.04. The Morgan fingerprint density at radius 2 is 1.70 bits per heavy atom. The molecular weight excluding hydrogens is 244 g/mol. The normalized spacial score (nSPS) is 10.9. The molecule has 0 aromatic heterocycles. The van der Waals surface area contributed by atoms with Gasteiger partial charge in [-0.2, -0.15) is 0 Å². The molecule has 0 spiro atoms. The van der Waals surface area contributed by atoms with Crippen LogP contribution in [0.5, 0.6) is 0 Å². The van der Waals surface area contributed by atoms with E-state index in [9.17, 15) is 4.79 Å². The average molecular weight is 264 g/mol. The molecule has 0 aliphatic carbocycles. The molecule has 2 rings (SSSR count). The first kappa shape index (κ1) is 14.3. The monoisotopic (exact) mass is 264 g/mol. The maximum atomic E-state index is 12.1. The zero-order valence-corrected chi connectivity index (χ0v) is 12.1. The van der Waals surface area contributed by atoms with Crippen molar-refractivity contribution < 1.29 is 4.79 Å². The van der Waals surface area contributed by atoms with Crippen LogP contribution < -0.4 is 0 Å². The fraction of sp³-hybridized carbons (Fsp3) is 0.211. The first-order valence-corrected chi connectivity index (χ1v) is 7.14. The van der Waals surface area contributed by atoms with E-state index in [0.29, 0.717) is 0 Å². The predicted molar refractivity (Wildman–Crippen MR) is 85.0 cm³/mol. The Labute approximate surface area is 121 Å². The molecule has 0 aliphatic rings. The molecule has 2 aromatic carbocycles. The lowest BCUT2D eigenvalue weighted by Gasteiger charge is -2.09. The van der Waals surface area contributed by atoms with Gasteiger partial charge in [-0.3, -0.25) is 4.79 Å². The quantitative estimate of drug-likeness (QED) is 0.564. The summed E-state index contributed by atoms with van der Waals surface area (Å²) in [6.07, 6.45) is 5.62. The van der Waals surface area contributed by atoms with Gasteiger partial charge >= 0.3 is 0 Å². The van der Waals surface area contributed by atoms with Gasteiger partial charge in [0.05, 0.1) is 0 Å². The summed E-state index contributed by atoms with van der Waals surface area (Å²) in [6.45, 7) is 4.32. The molecule has 0 unspecified atom stereocenters. The van der Waals surface area contributed by atoms with Crippen molar-refractivity contribution in [3.8, 4) is 0 Å². The second-order valence-corrected chi connectivity index (χ2v) is 4.76. The highest BCUT2D eigenvalue weighted by molar-refractivity contribution is 6.06. The van der Waals surface area contributed by atoms with Gasteiger partial charge in [-0.15, -0.1) is 0 Å². The minimum Gasteiger partial charge on any atom is -0.289 e. The number of ketones is 1. The van der Waals surface area contributed by atoms with E-state index in [1.807, 2.05) is 36.4 Å². The van der Waals surface area contributed by atoms with E-state index in [2.05, 4.69) is 32.0 Å². The Hall–Kier alpha value is -2.15. The summed E-state index contributed by atoms with van der Waals surface area (Å²) < 4.78 is 0. The molecule has 20 heavy (non-hydrogen) atoms. The summed E-state index contributed by atoms with van der Waals surface area (Å²) >= 11 is 0. The van der Waals surface area contributed by atoms with Gasteiger partial charge in [0, 0.05) is 5.56 Å². The van der Waals surface area contributed by atoms with Crippen molar-refractivity contribution in [1.29, 1.82) is 0 Å². The first-order chi connectivity index (χ1) is 9.76. The van der Waals surface area contributed by atoms with Gasteiger partial charge in [-0.05, 0) is 35.6 Å². The Balaban J connectivity index is 2.26. The highest BCUT2D eigenvalue weighted by atomic mass is 16.1. The summed E-state index contributed by atoms with van der Waals surface area (Å²) in [4.78, 5) is 12.1. The van der Waals surface area contributed by atoms with Gasteiger partial charge < -0.3 is 0 Å². The number of rotatable bonds is 5. The molecule has 0 amide bonds. The third-order valence-electron chi connectivity index (χ3n) is 3.52. The molecule has 102 valence electrons. The van der Waals surface area contributed by atoms with Gasteiger partial charge in [-0.1, -0.05) is 68.5 Å². The van der Waals surface area contributed by atoms with Gasteiger partial charge in [0.25, 0.3) is 0 Å². The molecular formula is C19H20O. The average Bonchev–Trinajstić information content (AvgIpc) is 2.52. The van der Waals surface area contributed by atoms with E-state index in [1.54, 1.807) is 6.08 Å². The standard InChI is InChI=1S/C19H20O/c1-3-15-11-8-12-16(18(15)4-2)13-14-19(20)17-9-6-5-7-10-17/h5-14H,3-4H2,1-2H3. The topological polar surface area (TPSA) is 17.1 Å². The maximum absolute atomic E-state index is 12.1. The molecule has 2 aromatic rings. The lowest BCUT2D eigenvalue weighted by molar-refractivity contribution is 0.104. The molecule has 0 N–H and O–H groups in total. The highest BCUT2D eigenvalue weighted by Crippen LogP contribution is 2.18. The molecule has 0 aliphatic heterocycles. The minimum absolute atomic E-state index is 0.0505. The fourth-order valence-corrected chi connectivity index (χ4v) is 2.44. The molecule has 0 bridgehead atoms. The molecule has 0 saturated heterocycles. The van der Waals surface area contributed by atoms with Crippen molar-refractivity contribution in [3.63, 3.8) is 0 Å². The molecule has 0 saturated carbocycles. The third kappa shape index (κ3) is 3.24. The molecule has 1 nitrogen and oxygen atoms in total. The molecule has 0 atom stereocenters. The SMILES string of the molecule is CCc1cccc(C=CC(=O)c2ccccc2)c1CC. The fourth-order valence-electron chi connectivity index (χ4n) is 2.44. The van der Waals surface area contributed by atoms with Crippen molar-refractivity contribution >= 4 is 11.9 Å². The molecule has 0 radical (unpaired) electrons. The predicted octanol–water partition coefficient (Wildman–Crippen LogP) is 4.71. The lowest BCUT2D eigenvalue weighted by atomic mass is 9.96. The Morgan fingerprint density at radius 3 is 2.35 bits per heavy atom. The minimum atomic E-state index is 0.0505. The molecule has 0 heterocycles. The van der Waals surface area contributed by atoms with E-state index < -0.39 is 0 Å². The molecule has 0 fully saturated rings. The van der Waals surface area contributed by atoms with Crippen LogP contribution in [0.3, 0.4) is 0 Å². The van der Waals surface area contributed by atoms with Crippen LogP contribution >= 0.6 is 0 Å². The largest absolute Gasteiger partial charge is 0.289 e. The van der Waals surface area contributed by atoms with E-state index in [0.717, 1.165) is 24.0 Å². The summed E-state index contributed by atoms with van der Waals surface area (Å²) in [7, 11) is 0. The first-order valence-electron chi connectivity index (χ1n) is 7.14. The lowest BCUT2D eigenvalue weighted by Crippen LogP contribution is -1.96. The van der Waals surface area contributed by atoms with Gasteiger partial charge in [0.1, 0.15) is 0 Å². The zero-order chi connectivity index (χ0) is 14.4. The smallest absolute Gasteiger partial charge is 0.185 e. The molecule has 1 heteroatoms. The van der Waals surface area contributed by atoms with Gasteiger partial charge in [0.15, 0.2) is 5.78 Å². The number of hydrogen-bond donors (Lipinski definition) is 0. The number of carbonyl (C=O) groups is 1. The van der Waals surface area contributed by atoms with Crippen LogP contribution in [0.25, 0.3) is 6.08 Å². The second-order valence-electron chi connectivity index (χ2n) is 4.76. The van der Waals surface area contributed by atoms with Crippen LogP contribution in [-0.4, -0.2) is 5.78 Å². The van der Waals surface area contributed by atoms with Crippen LogP contribution in [0.2, 0.25) is 0 Å². The summed E-state index contributed by atoms with van der Waals surface area (Å²) in [6, 6.07) is 15.7. The van der Waals surface area contributed by atoms with Crippen LogP contribution in [-0.2, 0) is 12.8 Å². The van der Waals surface area contributed by atoms with Crippen LogP contribution in [0.1, 0.15) is 40.9 Å². The number of allylic oxidation sites excluding steroid dienone is 1. The third-order valence-corrected chi connectivity index (χ3v) is 3.52. The van der Waals surface area contributed by atoms with Crippen molar-refractivity contribution in [2.75, 3.05) is 0 Å². The summed E-state index contributed by atoms with van der Waals surface area (Å²) in [5, 5.41) is 0.